The molecule has 0 aromatic heterocycles. The summed E-state index contributed by atoms with van der Waals surface area (Å²) in [6, 6.07) is 0. The number of quaternary nitrogens is 1. The minimum atomic E-state index is -0.481. The maximum atomic E-state index is 9.47. The van der Waals surface area contributed by atoms with E-state index in [0.717, 1.165) is 13.2 Å². The number of nitrogens with two attached hydrogens (primary N) is 1. The smallest absolute Gasteiger partial charge is 0.240 e. The third-order valence-corrected chi connectivity index (χ3v) is 4.15. The second-order valence-electron chi connectivity index (χ2n) is 7.17. The number of carbonyl (C=O) groups excluding carboxylic acids is 1. The molecule has 0 aliphatic carbocycles. The Bertz CT molecular complexity index is 285. The van der Waals surface area contributed by atoms with E-state index in [4.69, 9.17) is 5.11 Å². The molecule has 0 atom stereocenters. The summed E-state index contributed by atoms with van der Waals surface area (Å²) in [6.07, 6.45) is 16.8. The van der Waals surface area contributed by atoms with Gasteiger partial charge in [-0.1, -0.05) is 71.8 Å². The Balaban J connectivity index is -0.000000259. The van der Waals surface area contributed by atoms with E-state index in [2.05, 4.69) is 40.3 Å². The lowest BCUT2D eigenvalue weighted by molar-refractivity contribution is -0.890. The summed E-state index contributed by atoms with van der Waals surface area (Å²) >= 11 is 0. The maximum Gasteiger partial charge on any atom is 0.240 e. The first-order valence-corrected chi connectivity index (χ1v) is 10.1. The van der Waals surface area contributed by atoms with E-state index in [1.165, 1.54) is 88.2 Å². The zero-order chi connectivity index (χ0) is 20.0. The van der Waals surface area contributed by atoms with Gasteiger partial charge in [0.2, 0.25) is 5.91 Å². The molecule has 160 valence electrons. The zero-order valence-electron chi connectivity index (χ0n) is 18.2. The minimum absolute atomic E-state index is 0. The highest BCUT2D eigenvalue weighted by molar-refractivity contribution is 5.84. The first kappa shape index (κ1) is 33.2. The molecule has 0 saturated heterocycles. The van der Waals surface area contributed by atoms with E-state index >= 15 is 0 Å². The molecule has 0 unspecified atom stereocenters. The highest BCUT2D eigenvalue weighted by Crippen LogP contribution is 2.11. The molecule has 0 heterocycles. The van der Waals surface area contributed by atoms with Gasteiger partial charge in [0.05, 0.1) is 27.2 Å². The van der Waals surface area contributed by atoms with Crippen LogP contribution in [0.1, 0.15) is 84.5 Å². The van der Waals surface area contributed by atoms with Gasteiger partial charge in [-0.15, -0.1) is 0 Å². The van der Waals surface area contributed by atoms with Crippen LogP contribution in [0.25, 0.3) is 0 Å². The molecule has 5 heteroatoms. The van der Waals surface area contributed by atoms with Crippen molar-refractivity contribution in [2.75, 3.05) is 34.3 Å². The number of aliphatic hydroxyl groups excluding tert-OH is 1. The van der Waals surface area contributed by atoms with Crippen LogP contribution < -0.4 is 22.7 Å². The second kappa shape index (κ2) is 26.8. The van der Waals surface area contributed by atoms with Crippen LogP contribution in [0.4, 0.5) is 0 Å². The van der Waals surface area contributed by atoms with Gasteiger partial charge in [-0.25, -0.2) is 0 Å². The molecule has 0 bridgehead atoms. The van der Waals surface area contributed by atoms with Gasteiger partial charge in [-0.3, -0.25) is 4.79 Å². The Morgan fingerprint density at radius 2 is 1.19 bits per heavy atom. The SMILES string of the molecule is C=CC(N)=O.CCCCCCCCCCCC[N+](C)(C)CCC.CO.[Br-]. The van der Waals surface area contributed by atoms with Crippen LogP contribution >= 0.6 is 0 Å². The first-order chi connectivity index (χ1) is 11.9. The number of aliphatic hydroxyl groups is 1. The Hall–Kier alpha value is -0.390. The van der Waals surface area contributed by atoms with Gasteiger partial charge in [-0.2, -0.15) is 0 Å². The molecule has 0 radical (unpaired) electrons. The first-order valence-electron chi connectivity index (χ1n) is 10.1. The number of carbonyl (C=O) groups is 1. The zero-order valence-corrected chi connectivity index (χ0v) is 19.8. The summed E-state index contributed by atoms with van der Waals surface area (Å²) in [6.45, 7) is 10.4. The number of hydrogen-bond acceptors (Lipinski definition) is 2. The summed E-state index contributed by atoms with van der Waals surface area (Å²) in [5.74, 6) is -0.481. The fourth-order valence-corrected chi connectivity index (χ4v) is 2.74. The van der Waals surface area contributed by atoms with Crippen molar-refractivity contribution < 1.29 is 31.4 Å². The predicted octanol–water partition coefficient (Wildman–Crippen LogP) is 1.66. The number of halogens is 1. The van der Waals surface area contributed by atoms with Crippen molar-refractivity contribution in [2.24, 2.45) is 5.73 Å². The number of unbranched alkanes of at least 4 members (excludes halogenated alkanes) is 9. The van der Waals surface area contributed by atoms with Crippen LogP contribution in [0.3, 0.4) is 0 Å². The predicted molar refractivity (Wildman–Crippen MR) is 112 cm³/mol. The molecule has 0 saturated carbocycles. The molecule has 0 fully saturated rings. The minimum Gasteiger partial charge on any atom is -1.00 e. The van der Waals surface area contributed by atoms with E-state index in [-0.39, 0.29) is 17.0 Å². The lowest BCUT2D eigenvalue weighted by atomic mass is 10.1. The Kier molecular flexibility index (Phi) is 34.3. The van der Waals surface area contributed by atoms with Crippen LogP contribution in [-0.4, -0.2) is 49.8 Å². The van der Waals surface area contributed by atoms with E-state index in [0.29, 0.717) is 0 Å². The monoisotopic (exact) mass is 438 g/mol. The van der Waals surface area contributed by atoms with Crippen molar-refractivity contribution in [3.63, 3.8) is 0 Å². The highest BCUT2D eigenvalue weighted by atomic mass is 79.9. The molecular weight excluding hydrogens is 392 g/mol. The van der Waals surface area contributed by atoms with Crippen molar-refractivity contribution in [3.8, 4) is 0 Å². The number of amides is 1. The quantitative estimate of drug-likeness (QED) is 0.246. The van der Waals surface area contributed by atoms with Crippen molar-refractivity contribution in [1.29, 1.82) is 0 Å². The fraction of sp³-hybridized carbons (Fsp3) is 0.857. The molecule has 1 amide bonds. The van der Waals surface area contributed by atoms with Crippen molar-refractivity contribution in [2.45, 2.75) is 84.5 Å². The average Bonchev–Trinajstić information content (AvgIpc) is 2.58. The Labute approximate surface area is 174 Å². The van der Waals surface area contributed by atoms with E-state index < -0.39 is 5.91 Å². The van der Waals surface area contributed by atoms with Crippen LogP contribution in [0.2, 0.25) is 0 Å². The van der Waals surface area contributed by atoms with Crippen LogP contribution in [-0.2, 0) is 4.79 Å². The van der Waals surface area contributed by atoms with Gasteiger partial charge in [0.1, 0.15) is 0 Å². The molecule has 0 aliphatic heterocycles. The molecule has 0 aromatic carbocycles. The van der Waals surface area contributed by atoms with Gasteiger partial charge in [0.15, 0.2) is 0 Å². The van der Waals surface area contributed by atoms with Gasteiger partial charge in [0, 0.05) is 7.11 Å². The standard InChI is InChI=1S/C17H38N.C3H5NO.CH4O.BrH/c1-5-7-8-9-10-11-12-13-14-15-17-18(3,4)16-6-2;1-2-3(4)5;1-2;/h5-17H2,1-4H3;2H,1H2,(H2,4,5);2H,1H3;1H/q+1;;;/p-1. The van der Waals surface area contributed by atoms with E-state index in [1.54, 1.807) is 0 Å². The van der Waals surface area contributed by atoms with Crippen molar-refractivity contribution >= 4 is 5.91 Å². The molecule has 0 aromatic rings. The van der Waals surface area contributed by atoms with Crippen LogP contribution in [0.5, 0.6) is 0 Å². The fourth-order valence-electron chi connectivity index (χ4n) is 2.74. The molecule has 3 N–H and O–H groups in total. The summed E-state index contributed by atoms with van der Waals surface area (Å²) in [4.78, 5) is 9.47. The summed E-state index contributed by atoms with van der Waals surface area (Å²) in [5.41, 5.74) is 4.53. The normalized spacial score (nSPS) is 9.77. The van der Waals surface area contributed by atoms with Crippen LogP contribution in [0, 0.1) is 0 Å². The Morgan fingerprint density at radius 3 is 1.50 bits per heavy atom. The van der Waals surface area contributed by atoms with E-state index in [9.17, 15) is 4.79 Å². The lowest BCUT2D eigenvalue weighted by Crippen LogP contribution is -3.00. The summed E-state index contributed by atoms with van der Waals surface area (Å²) in [5, 5.41) is 7.00. The third-order valence-electron chi connectivity index (χ3n) is 4.15. The topological polar surface area (TPSA) is 63.3 Å². The Morgan fingerprint density at radius 1 is 0.846 bits per heavy atom. The molecular formula is C21H47BrN2O2. The van der Waals surface area contributed by atoms with Gasteiger partial charge < -0.3 is 32.3 Å². The van der Waals surface area contributed by atoms with Crippen molar-refractivity contribution in [1.82, 2.24) is 0 Å². The number of nitrogens with zero attached hydrogens (tertiary/aromatic N) is 1. The molecule has 0 aliphatic rings. The van der Waals surface area contributed by atoms with Gasteiger partial charge in [-0.05, 0) is 25.3 Å². The number of rotatable bonds is 14. The molecule has 26 heavy (non-hydrogen) atoms. The summed E-state index contributed by atoms with van der Waals surface area (Å²) < 4.78 is 1.22. The van der Waals surface area contributed by atoms with Gasteiger partial charge >= 0.3 is 0 Å². The molecule has 4 nitrogen and oxygen atoms in total. The van der Waals surface area contributed by atoms with Crippen LogP contribution in [0.15, 0.2) is 12.7 Å². The average molecular weight is 440 g/mol. The highest BCUT2D eigenvalue weighted by Gasteiger charge is 2.11. The number of hydrogen-bond donors (Lipinski definition) is 2. The maximum absolute atomic E-state index is 9.47. The van der Waals surface area contributed by atoms with Crippen molar-refractivity contribution in [3.05, 3.63) is 12.7 Å². The van der Waals surface area contributed by atoms with E-state index in [1.807, 2.05) is 0 Å². The lowest BCUT2D eigenvalue weighted by Gasteiger charge is -2.29. The summed E-state index contributed by atoms with van der Waals surface area (Å²) in [7, 11) is 5.74. The third kappa shape index (κ3) is 34.9. The largest absolute Gasteiger partial charge is 1.00 e. The number of primary amides is 1. The van der Waals surface area contributed by atoms with Gasteiger partial charge in [0.25, 0.3) is 0 Å². The second-order valence-corrected chi connectivity index (χ2v) is 7.17. The molecule has 0 spiro atoms. The molecule has 0 rings (SSSR count).